The maximum atomic E-state index is 11.8. The highest BCUT2D eigenvalue weighted by molar-refractivity contribution is 5.91. The summed E-state index contributed by atoms with van der Waals surface area (Å²) in [4.78, 5) is 34.5. The minimum Gasteiger partial charge on any atom is -0.370 e. The number of nitrogens with one attached hydrogen (secondary N) is 2. The molecule has 0 aromatic heterocycles. The second kappa shape index (κ2) is 14.6. The molecular weight excluding hydrogens is 308 g/mol. The van der Waals surface area contributed by atoms with Gasteiger partial charge in [-0.2, -0.15) is 0 Å². The number of unbranched alkanes of at least 4 members (excludes halogenated alkanes) is 4. The Balaban J connectivity index is 0. The average molecular weight is 337 g/mol. The van der Waals surface area contributed by atoms with Crippen molar-refractivity contribution in [2.45, 2.75) is 57.9 Å². The summed E-state index contributed by atoms with van der Waals surface area (Å²) in [7, 11) is 0. The average Bonchev–Trinajstić information content (AvgIpc) is 2.43. The van der Waals surface area contributed by atoms with E-state index in [1.165, 1.54) is 0 Å². The van der Waals surface area contributed by atoms with E-state index in [-0.39, 0.29) is 24.7 Å². The summed E-state index contributed by atoms with van der Waals surface area (Å²) in [6, 6.07) is -0.919. The molecule has 0 aliphatic rings. The monoisotopic (exact) mass is 336 g/mol. The van der Waals surface area contributed by atoms with Crippen molar-refractivity contribution in [1.82, 2.24) is 10.6 Å². The molecule has 0 aliphatic heterocycles. The van der Waals surface area contributed by atoms with Crippen LogP contribution in [-0.4, -0.2) is 36.9 Å². The predicted octanol–water partition coefficient (Wildman–Crippen LogP) is 0.204. The van der Waals surface area contributed by atoms with Crippen molar-refractivity contribution in [3.05, 3.63) is 0 Å². The summed E-state index contributed by atoms with van der Waals surface area (Å²) in [6.45, 7) is 2.71. The van der Waals surface area contributed by atoms with Gasteiger partial charge < -0.3 is 22.1 Å². The van der Waals surface area contributed by atoms with Gasteiger partial charge >= 0.3 is 0 Å². The topological polar surface area (TPSA) is 127 Å². The molecule has 0 aliphatic carbocycles. The van der Waals surface area contributed by atoms with E-state index in [0.29, 0.717) is 19.5 Å². The van der Waals surface area contributed by atoms with Crippen LogP contribution in [0.1, 0.15) is 51.9 Å². The Morgan fingerprint density at radius 3 is 2.27 bits per heavy atom. The molecule has 3 amide bonds. The van der Waals surface area contributed by atoms with Crippen LogP contribution in [0.4, 0.5) is 0 Å². The molecule has 0 saturated heterocycles. The minimum atomic E-state index is -0.919. The lowest BCUT2D eigenvalue weighted by molar-refractivity contribution is -0.131. The summed E-state index contributed by atoms with van der Waals surface area (Å²) < 4.78 is 0. The van der Waals surface area contributed by atoms with Gasteiger partial charge in [-0.05, 0) is 6.42 Å². The number of rotatable bonds is 12. The smallest absolute Gasteiger partial charge is 0.243 e. The largest absolute Gasteiger partial charge is 0.370 e. The van der Waals surface area contributed by atoms with Gasteiger partial charge in [0.2, 0.25) is 17.7 Å². The highest BCUT2D eigenvalue weighted by Crippen LogP contribution is 2.05. The van der Waals surface area contributed by atoms with E-state index < -0.39 is 17.9 Å². The SMILES string of the molecule is CCCCCCCC(=O)N[C@H](CC(N)=O)C(=O)NCCN.Cl. The molecule has 0 unspecified atom stereocenters. The van der Waals surface area contributed by atoms with Gasteiger partial charge in [-0.3, -0.25) is 14.4 Å². The van der Waals surface area contributed by atoms with E-state index in [2.05, 4.69) is 17.6 Å². The molecule has 0 bridgehead atoms. The van der Waals surface area contributed by atoms with E-state index in [9.17, 15) is 14.4 Å². The third kappa shape index (κ3) is 12.4. The van der Waals surface area contributed by atoms with Crippen molar-refractivity contribution >= 4 is 30.1 Å². The minimum absolute atomic E-state index is 0. The second-order valence-corrected chi connectivity index (χ2v) is 5.03. The molecule has 22 heavy (non-hydrogen) atoms. The number of nitrogens with two attached hydrogens (primary N) is 2. The summed E-state index contributed by atoms with van der Waals surface area (Å²) >= 11 is 0. The molecule has 7 nitrogen and oxygen atoms in total. The Morgan fingerprint density at radius 2 is 1.73 bits per heavy atom. The van der Waals surface area contributed by atoms with Crippen LogP contribution in [0.5, 0.6) is 0 Å². The van der Waals surface area contributed by atoms with Crippen molar-refractivity contribution in [3.63, 3.8) is 0 Å². The Hall–Kier alpha value is -1.34. The van der Waals surface area contributed by atoms with E-state index in [0.717, 1.165) is 32.1 Å². The van der Waals surface area contributed by atoms with Crippen LogP contribution in [-0.2, 0) is 14.4 Å². The fourth-order valence-corrected chi connectivity index (χ4v) is 1.88. The van der Waals surface area contributed by atoms with Crippen LogP contribution in [0.25, 0.3) is 0 Å². The number of halogens is 1. The van der Waals surface area contributed by atoms with Gasteiger partial charge in [0.05, 0.1) is 6.42 Å². The van der Waals surface area contributed by atoms with Crippen molar-refractivity contribution < 1.29 is 14.4 Å². The molecule has 0 saturated carbocycles. The number of carbonyl (C=O) groups excluding carboxylic acids is 3. The fourth-order valence-electron chi connectivity index (χ4n) is 1.88. The first-order valence-corrected chi connectivity index (χ1v) is 7.56. The van der Waals surface area contributed by atoms with Gasteiger partial charge in [0, 0.05) is 19.5 Å². The van der Waals surface area contributed by atoms with Gasteiger partial charge in [-0.25, -0.2) is 0 Å². The Labute approximate surface area is 138 Å². The summed E-state index contributed by atoms with van der Waals surface area (Å²) in [5.74, 6) is -1.30. The highest BCUT2D eigenvalue weighted by atomic mass is 35.5. The van der Waals surface area contributed by atoms with Crippen molar-refractivity contribution in [3.8, 4) is 0 Å². The van der Waals surface area contributed by atoms with Crippen LogP contribution in [0.15, 0.2) is 0 Å². The first-order chi connectivity index (χ1) is 10.0. The molecule has 0 heterocycles. The maximum Gasteiger partial charge on any atom is 0.243 e. The van der Waals surface area contributed by atoms with E-state index >= 15 is 0 Å². The van der Waals surface area contributed by atoms with Crippen molar-refractivity contribution in [1.29, 1.82) is 0 Å². The van der Waals surface area contributed by atoms with Crippen molar-refractivity contribution in [2.24, 2.45) is 11.5 Å². The maximum absolute atomic E-state index is 11.8. The molecule has 0 aromatic rings. The number of amides is 3. The molecule has 8 heteroatoms. The molecule has 0 spiro atoms. The van der Waals surface area contributed by atoms with E-state index in [1.807, 2.05) is 0 Å². The first kappa shape index (κ1) is 22.9. The molecule has 1 atom stereocenters. The van der Waals surface area contributed by atoms with Gasteiger partial charge in [-0.1, -0.05) is 32.6 Å². The lowest BCUT2D eigenvalue weighted by atomic mass is 10.1. The molecular formula is C14H29ClN4O3. The van der Waals surface area contributed by atoms with Gasteiger partial charge in [0.1, 0.15) is 6.04 Å². The van der Waals surface area contributed by atoms with Crippen LogP contribution in [0.2, 0.25) is 0 Å². The normalized spacial score (nSPS) is 11.2. The van der Waals surface area contributed by atoms with Crippen molar-refractivity contribution in [2.75, 3.05) is 13.1 Å². The first-order valence-electron chi connectivity index (χ1n) is 7.56. The van der Waals surface area contributed by atoms with Gasteiger partial charge in [-0.15, -0.1) is 12.4 Å². The zero-order valence-electron chi connectivity index (χ0n) is 13.2. The zero-order chi connectivity index (χ0) is 16.1. The number of carbonyl (C=O) groups is 3. The Kier molecular flexibility index (Phi) is 15.2. The van der Waals surface area contributed by atoms with Crippen LogP contribution in [0.3, 0.4) is 0 Å². The Bertz CT molecular complexity index is 340. The number of hydrogen-bond donors (Lipinski definition) is 4. The molecule has 0 radical (unpaired) electrons. The zero-order valence-corrected chi connectivity index (χ0v) is 14.0. The van der Waals surface area contributed by atoms with Gasteiger partial charge in [0.15, 0.2) is 0 Å². The van der Waals surface area contributed by atoms with Crippen LogP contribution >= 0.6 is 12.4 Å². The van der Waals surface area contributed by atoms with Crippen LogP contribution in [0, 0.1) is 0 Å². The Morgan fingerprint density at radius 1 is 1.09 bits per heavy atom. The fraction of sp³-hybridized carbons (Fsp3) is 0.786. The standard InChI is InChI=1S/C14H28N4O3.ClH/c1-2-3-4-5-6-7-13(20)18-11(10-12(16)19)14(21)17-9-8-15;/h11H,2-10,15H2,1H3,(H2,16,19)(H,17,21)(H,18,20);1H/t11-;/m1./s1. The second-order valence-electron chi connectivity index (χ2n) is 5.03. The quantitative estimate of drug-likeness (QED) is 0.380. The summed E-state index contributed by atoms with van der Waals surface area (Å²) in [5, 5.41) is 5.10. The lowest BCUT2D eigenvalue weighted by Gasteiger charge is -2.17. The van der Waals surface area contributed by atoms with E-state index in [4.69, 9.17) is 11.5 Å². The van der Waals surface area contributed by atoms with E-state index in [1.54, 1.807) is 0 Å². The van der Waals surface area contributed by atoms with Crippen LogP contribution < -0.4 is 22.1 Å². The number of hydrogen-bond acceptors (Lipinski definition) is 4. The summed E-state index contributed by atoms with van der Waals surface area (Å²) in [6.07, 6.45) is 5.31. The third-order valence-corrected chi connectivity index (χ3v) is 3.01. The third-order valence-electron chi connectivity index (χ3n) is 3.01. The molecule has 0 fully saturated rings. The number of primary amides is 1. The highest BCUT2D eigenvalue weighted by Gasteiger charge is 2.22. The lowest BCUT2D eigenvalue weighted by Crippen LogP contribution is -2.49. The molecule has 0 aromatic carbocycles. The molecule has 130 valence electrons. The summed E-state index contributed by atoms with van der Waals surface area (Å²) in [5.41, 5.74) is 10.4. The predicted molar refractivity (Wildman–Crippen MR) is 88.4 cm³/mol. The van der Waals surface area contributed by atoms with Gasteiger partial charge in [0.25, 0.3) is 0 Å². The molecule has 6 N–H and O–H groups in total. The molecule has 0 rings (SSSR count).